The molecule has 29 heavy (non-hydrogen) atoms. The molecule has 2 N–H and O–H groups in total. The number of aromatic nitrogens is 4. The maximum absolute atomic E-state index is 12.6. The molecule has 0 spiro atoms. The SMILES string of the molecule is CCc1c(C)nc(-n2nc(-c3cccs3)cc2NC(=O)CC2CCCC2)[nH]c1=O. The zero-order valence-electron chi connectivity index (χ0n) is 16.7. The van der Waals surface area contributed by atoms with Crippen LogP contribution >= 0.6 is 11.3 Å². The van der Waals surface area contributed by atoms with Gasteiger partial charge in [0.05, 0.1) is 4.88 Å². The molecule has 3 aromatic heterocycles. The Hall–Kier alpha value is -2.74. The molecule has 0 saturated heterocycles. The lowest BCUT2D eigenvalue weighted by Gasteiger charge is -2.11. The largest absolute Gasteiger partial charge is 0.310 e. The highest BCUT2D eigenvalue weighted by Gasteiger charge is 2.21. The Kier molecular flexibility index (Phi) is 5.62. The van der Waals surface area contributed by atoms with Crippen molar-refractivity contribution in [3.8, 4) is 16.5 Å². The van der Waals surface area contributed by atoms with Crippen molar-refractivity contribution in [2.75, 3.05) is 5.32 Å². The van der Waals surface area contributed by atoms with E-state index in [2.05, 4.69) is 20.4 Å². The van der Waals surface area contributed by atoms with Gasteiger partial charge in [0.25, 0.3) is 5.56 Å². The number of anilines is 1. The van der Waals surface area contributed by atoms with Crippen molar-refractivity contribution in [1.29, 1.82) is 0 Å². The van der Waals surface area contributed by atoms with Crippen LogP contribution in [0.2, 0.25) is 0 Å². The summed E-state index contributed by atoms with van der Waals surface area (Å²) in [6, 6.07) is 5.77. The molecule has 1 fully saturated rings. The summed E-state index contributed by atoms with van der Waals surface area (Å²) in [6.45, 7) is 3.75. The Morgan fingerprint density at radius 1 is 1.38 bits per heavy atom. The van der Waals surface area contributed by atoms with Crippen LogP contribution in [-0.2, 0) is 11.2 Å². The first-order chi connectivity index (χ1) is 14.0. The van der Waals surface area contributed by atoms with Crippen LogP contribution in [0.1, 0.15) is 50.3 Å². The standard InChI is InChI=1S/C21H25N5O2S/c1-3-15-13(2)22-21(24-20(15)28)26-18(12-16(25-26)17-9-6-10-29-17)23-19(27)11-14-7-4-5-8-14/h6,9-10,12,14H,3-5,7-8,11H2,1-2H3,(H,23,27)(H,22,24,28). The van der Waals surface area contributed by atoms with Crippen LogP contribution in [0.5, 0.6) is 0 Å². The van der Waals surface area contributed by atoms with Gasteiger partial charge in [-0.05, 0) is 43.6 Å². The van der Waals surface area contributed by atoms with Crippen molar-refractivity contribution in [1.82, 2.24) is 19.7 Å². The molecule has 0 aliphatic heterocycles. The Bertz CT molecular complexity index is 1060. The minimum Gasteiger partial charge on any atom is -0.310 e. The number of hydrogen-bond acceptors (Lipinski definition) is 5. The monoisotopic (exact) mass is 411 g/mol. The molecule has 1 aliphatic carbocycles. The van der Waals surface area contributed by atoms with Gasteiger partial charge in [-0.15, -0.1) is 11.3 Å². The number of nitrogens with one attached hydrogen (secondary N) is 2. The molecule has 3 aromatic rings. The molecule has 0 radical (unpaired) electrons. The van der Waals surface area contributed by atoms with Gasteiger partial charge in [0, 0.05) is 23.7 Å². The van der Waals surface area contributed by atoms with Gasteiger partial charge >= 0.3 is 0 Å². The second-order valence-electron chi connectivity index (χ2n) is 7.51. The second kappa shape index (κ2) is 8.32. The second-order valence-corrected chi connectivity index (χ2v) is 8.46. The van der Waals surface area contributed by atoms with Gasteiger partial charge < -0.3 is 5.32 Å². The van der Waals surface area contributed by atoms with E-state index in [0.29, 0.717) is 41.8 Å². The topological polar surface area (TPSA) is 92.7 Å². The maximum atomic E-state index is 12.6. The van der Waals surface area contributed by atoms with Gasteiger partial charge in [-0.1, -0.05) is 25.8 Å². The normalized spacial score (nSPS) is 14.4. The molecule has 1 aliphatic rings. The van der Waals surface area contributed by atoms with E-state index in [1.54, 1.807) is 11.3 Å². The van der Waals surface area contributed by atoms with Crippen molar-refractivity contribution < 1.29 is 4.79 Å². The third-order valence-electron chi connectivity index (χ3n) is 5.46. The Morgan fingerprint density at radius 2 is 2.17 bits per heavy atom. The first-order valence-electron chi connectivity index (χ1n) is 10.1. The van der Waals surface area contributed by atoms with Crippen LogP contribution in [0.4, 0.5) is 5.82 Å². The Balaban J connectivity index is 1.70. The summed E-state index contributed by atoms with van der Waals surface area (Å²) in [6.07, 6.45) is 5.74. The fourth-order valence-electron chi connectivity index (χ4n) is 3.96. The predicted octanol–water partition coefficient (Wildman–Crippen LogP) is 4.07. The van der Waals surface area contributed by atoms with Gasteiger partial charge in [0.1, 0.15) is 11.5 Å². The van der Waals surface area contributed by atoms with Crippen LogP contribution in [0, 0.1) is 12.8 Å². The summed E-state index contributed by atoms with van der Waals surface area (Å²) < 4.78 is 1.52. The zero-order chi connectivity index (χ0) is 20.4. The van der Waals surface area contributed by atoms with Crippen molar-refractivity contribution in [2.45, 2.75) is 52.4 Å². The number of hydrogen-bond donors (Lipinski definition) is 2. The lowest BCUT2D eigenvalue weighted by atomic mass is 10.0. The third kappa shape index (κ3) is 4.17. The molecule has 0 atom stereocenters. The summed E-state index contributed by atoms with van der Waals surface area (Å²) in [5.41, 5.74) is 1.89. The Morgan fingerprint density at radius 3 is 2.83 bits per heavy atom. The first kappa shape index (κ1) is 19.6. The molecule has 152 valence electrons. The van der Waals surface area contributed by atoms with E-state index in [1.807, 2.05) is 37.4 Å². The van der Waals surface area contributed by atoms with E-state index >= 15 is 0 Å². The molecule has 0 unspecified atom stereocenters. The highest BCUT2D eigenvalue weighted by atomic mass is 32.1. The lowest BCUT2D eigenvalue weighted by Crippen LogP contribution is -2.22. The fraction of sp³-hybridized carbons (Fsp3) is 0.429. The van der Waals surface area contributed by atoms with E-state index in [9.17, 15) is 9.59 Å². The molecule has 7 nitrogen and oxygen atoms in total. The van der Waals surface area contributed by atoms with Crippen molar-refractivity contribution in [2.24, 2.45) is 5.92 Å². The van der Waals surface area contributed by atoms with E-state index < -0.39 is 0 Å². The number of amides is 1. The highest BCUT2D eigenvalue weighted by Crippen LogP contribution is 2.30. The fourth-order valence-corrected chi connectivity index (χ4v) is 4.64. The van der Waals surface area contributed by atoms with Gasteiger partial charge in [-0.3, -0.25) is 14.6 Å². The predicted molar refractivity (Wildman–Crippen MR) is 115 cm³/mol. The Labute approximate surface area is 173 Å². The first-order valence-corrected chi connectivity index (χ1v) is 11.0. The number of rotatable bonds is 6. The quantitative estimate of drug-likeness (QED) is 0.639. The van der Waals surface area contributed by atoms with Gasteiger partial charge in [-0.2, -0.15) is 9.78 Å². The molecule has 4 rings (SSSR count). The summed E-state index contributed by atoms with van der Waals surface area (Å²) >= 11 is 1.57. The molecule has 8 heteroatoms. The van der Waals surface area contributed by atoms with E-state index in [4.69, 9.17) is 0 Å². The summed E-state index contributed by atoms with van der Waals surface area (Å²) in [7, 11) is 0. The minimum absolute atomic E-state index is 0.0278. The third-order valence-corrected chi connectivity index (χ3v) is 6.36. The van der Waals surface area contributed by atoms with Crippen molar-refractivity contribution in [3.63, 3.8) is 0 Å². The minimum atomic E-state index is -0.175. The summed E-state index contributed by atoms with van der Waals surface area (Å²) in [5.74, 6) is 1.25. The number of thiophene rings is 1. The average molecular weight is 412 g/mol. The number of carbonyl (C=O) groups excluding carboxylic acids is 1. The number of carbonyl (C=O) groups is 1. The number of aryl methyl sites for hydroxylation is 1. The molecule has 1 saturated carbocycles. The maximum Gasteiger partial charge on any atom is 0.255 e. The lowest BCUT2D eigenvalue weighted by molar-refractivity contribution is -0.117. The van der Waals surface area contributed by atoms with Crippen LogP contribution in [0.15, 0.2) is 28.4 Å². The van der Waals surface area contributed by atoms with E-state index in [1.165, 1.54) is 17.5 Å². The summed E-state index contributed by atoms with van der Waals surface area (Å²) in [4.78, 5) is 33.4. The van der Waals surface area contributed by atoms with Gasteiger partial charge in [0.2, 0.25) is 11.9 Å². The van der Waals surface area contributed by atoms with E-state index in [-0.39, 0.29) is 11.5 Å². The van der Waals surface area contributed by atoms with Crippen LogP contribution in [0.3, 0.4) is 0 Å². The van der Waals surface area contributed by atoms with Crippen molar-refractivity contribution >= 4 is 23.1 Å². The molecule has 0 bridgehead atoms. The van der Waals surface area contributed by atoms with Gasteiger partial charge in [0.15, 0.2) is 0 Å². The molecular formula is C21H25N5O2S. The zero-order valence-corrected chi connectivity index (χ0v) is 17.5. The summed E-state index contributed by atoms with van der Waals surface area (Å²) in [5, 5.41) is 9.59. The highest BCUT2D eigenvalue weighted by molar-refractivity contribution is 7.13. The molecular weight excluding hydrogens is 386 g/mol. The van der Waals surface area contributed by atoms with Crippen molar-refractivity contribution in [3.05, 3.63) is 45.2 Å². The number of H-pyrrole nitrogens is 1. The van der Waals surface area contributed by atoms with E-state index in [0.717, 1.165) is 23.4 Å². The molecule has 0 aromatic carbocycles. The average Bonchev–Trinajstić information content (AvgIpc) is 3.43. The van der Waals surface area contributed by atoms with Crippen LogP contribution in [0.25, 0.3) is 16.5 Å². The van der Waals surface area contributed by atoms with Crippen LogP contribution in [-0.4, -0.2) is 25.7 Å². The molecule has 1 amide bonds. The smallest absolute Gasteiger partial charge is 0.255 e. The van der Waals surface area contributed by atoms with Gasteiger partial charge in [-0.25, -0.2) is 4.98 Å². The number of nitrogens with zero attached hydrogens (tertiary/aromatic N) is 3. The molecule has 3 heterocycles. The number of aromatic amines is 1. The van der Waals surface area contributed by atoms with Crippen LogP contribution < -0.4 is 10.9 Å².